The summed E-state index contributed by atoms with van der Waals surface area (Å²) in [6.45, 7) is 25.3. The van der Waals surface area contributed by atoms with E-state index in [4.69, 9.17) is 38.4 Å². The summed E-state index contributed by atoms with van der Waals surface area (Å²) in [7, 11) is 0. The van der Waals surface area contributed by atoms with E-state index < -0.39 is 35.3 Å². The topological polar surface area (TPSA) is 156 Å². The van der Waals surface area contributed by atoms with Gasteiger partial charge in [0.2, 0.25) is 0 Å². The molecule has 4 aliphatic rings. The summed E-state index contributed by atoms with van der Waals surface area (Å²) in [6.07, 6.45) is 8.14. The van der Waals surface area contributed by atoms with Gasteiger partial charge in [-0.2, -0.15) is 0 Å². The lowest BCUT2D eigenvalue weighted by atomic mass is 9.85. The Morgan fingerprint density at radius 2 is 0.857 bits per heavy atom. The van der Waals surface area contributed by atoms with Crippen LogP contribution >= 0.6 is 22.7 Å². The van der Waals surface area contributed by atoms with Gasteiger partial charge in [0.25, 0.3) is 0 Å². The van der Waals surface area contributed by atoms with Crippen molar-refractivity contribution in [1.82, 2.24) is 9.97 Å². The van der Waals surface area contributed by atoms with Gasteiger partial charge in [-0.3, -0.25) is 0 Å². The van der Waals surface area contributed by atoms with E-state index in [1.807, 2.05) is 67.5 Å². The third-order valence-electron chi connectivity index (χ3n) is 19.3. The van der Waals surface area contributed by atoms with Gasteiger partial charge in [0, 0.05) is 44.5 Å². The van der Waals surface area contributed by atoms with Gasteiger partial charge in [-0.1, -0.05) is 84.6 Å². The van der Waals surface area contributed by atoms with Crippen molar-refractivity contribution in [1.29, 1.82) is 0 Å². The maximum atomic E-state index is 13.0. The number of carboxylic acid groups (broad SMARTS) is 2. The Morgan fingerprint density at radius 1 is 0.469 bits per heavy atom. The second-order valence-corrected chi connectivity index (χ2v) is 31.4. The Labute approximate surface area is 584 Å². The SMILES string of the molecule is Cc1ccc2c(c1)-c1cccc(c1)-c1nc3cc(C)c([C@H](OC(C)(C)C)C(=O)O)c(c3s1)-c1ccc3c(c1)C(CCCC[C@H](C)O2)CCO3.Cc1ccc2c(c1)-c1cccc(c1)-c1nc3cc(C)c([C@H](OC(C)(C)C)C(=O)O)c(c3s1)-c1ccc3c(c1)C(CCCC[C@H](C)O2)CCO3. The molecule has 2 unspecified atom stereocenters. The molecule has 12 bridgehead atoms. The summed E-state index contributed by atoms with van der Waals surface area (Å²) in [5, 5.41) is 23.0. The van der Waals surface area contributed by atoms with Crippen molar-refractivity contribution in [3.8, 4) is 88.6 Å². The predicted octanol–water partition coefficient (Wildman–Crippen LogP) is 22.1. The molecule has 98 heavy (non-hydrogen) atoms. The third kappa shape index (κ3) is 14.7. The molecule has 6 heterocycles. The molecule has 6 atom stereocenters. The van der Waals surface area contributed by atoms with Crippen molar-refractivity contribution in [2.24, 2.45) is 0 Å². The van der Waals surface area contributed by atoms with Crippen LogP contribution in [0.15, 0.2) is 133 Å². The van der Waals surface area contributed by atoms with Gasteiger partial charge in [0.1, 0.15) is 33.0 Å². The second-order valence-electron chi connectivity index (χ2n) is 29.4. The molecule has 2 N–H and O–H groups in total. The lowest BCUT2D eigenvalue weighted by Crippen LogP contribution is -2.28. The van der Waals surface area contributed by atoms with E-state index >= 15 is 0 Å². The minimum Gasteiger partial charge on any atom is -0.493 e. The fraction of sp³-hybridized carbons (Fsp3) is 0.381. The molecule has 0 saturated heterocycles. The summed E-state index contributed by atoms with van der Waals surface area (Å²) in [5.74, 6) is 2.32. The summed E-state index contributed by atoms with van der Waals surface area (Å²) in [4.78, 5) is 36.4. The number of rotatable bonds is 6. The number of aromatic nitrogens is 2. The Balaban J connectivity index is 0.000000176. The lowest BCUT2D eigenvalue weighted by molar-refractivity contribution is -0.161. The van der Waals surface area contributed by atoms with E-state index in [1.54, 1.807) is 22.7 Å². The summed E-state index contributed by atoms with van der Waals surface area (Å²) in [6, 6.07) is 46.6. The number of thiazole rings is 2. The average molecular weight is 1350 g/mol. The number of benzene rings is 8. The molecule has 0 spiro atoms. The van der Waals surface area contributed by atoms with Crippen LogP contribution in [0.3, 0.4) is 0 Å². The van der Waals surface area contributed by atoms with E-state index in [9.17, 15) is 19.8 Å². The molecule has 14 rings (SSSR count). The van der Waals surface area contributed by atoms with Crippen LogP contribution < -0.4 is 18.9 Å². The van der Waals surface area contributed by atoms with Crippen molar-refractivity contribution in [2.75, 3.05) is 13.2 Å². The van der Waals surface area contributed by atoms with Crippen molar-refractivity contribution in [2.45, 2.75) is 195 Å². The third-order valence-corrected chi connectivity index (χ3v) is 21.6. The summed E-state index contributed by atoms with van der Waals surface area (Å²) in [5.41, 5.74) is 18.1. The zero-order chi connectivity index (χ0) is 68.9. The van der Waals surface area contributed by atoms with E-state index in [-0.39, 0.29) is 12.2 Å². The second kappa shape index (κ2) is 28.1. The minimum atomic E-state index is -1.15. The highest BCUT2D eigenvalue weighted by Crippen LogP contribution is 2.51. The first-order valence-electron chi connectivity index (χ1n) is 34.9. The number of fused-ring (bicyclic) bond motifs is 16. The summed E-state index contributed by atoms with van der Waals surface area (Å²) < 4.78 is 40.1. The maximum absolute atomic E-state index is 13.0. The van der Waals surface area contributed by atoms with Gasteiger partial charge in [0.05, 0.1) is 57.1 Å². The van der Waals surface area contributed by atoms with Crippen LogP contribution in [0, 0.1) is 27.7 Å². The first-order valence-corrected chi connectivity index (χ1v) is 36.5. The van der Waals surface area contributed by atoms with E-state index in [1.165, 1.54) is 22.3 Å². The minimum absolute atomic E-state index is 0.0841. The van der Waals surface area contributed by atoms with Crippen molar-refractivity contribution in [3.63, 3.8) is 0 Å². The predicted molar refractivity (Wildman–Crippen MR) is 396 cm³/mol. The number of carbonyl (C=O) groups is 2. The van der Waals surface area contributed by atoms with E-state index in [0.717, 1.165) is 184 Å². The zero-order valence-corrected chi connectivity index (χ0v) is 60.2. The standard InChI is InChI=1S/2C42H45NO5S/c2*1-24-14-16-35-31(20-24)28-12-9-13-30(22-28)40-43-33-21-25(2)36(38(41(44)45)48-42(4,5)6)37(39(33)49-40)29-15-17-34-32(23-29)27(18-19-46-34)11-8-7-10-26(3)47-35/h2*9,12-17,20-23,26-27,38H,7-8,10-11,18-19H2,1-6H3,(H,44,45)/t2*26-,27?,38-/m00/s1. The van der Waals surface area contributed by atoms with Gasteiger partial charge in [0.15, 0.2) is 12.2 Å². The quantitative estimate of drug-likeness (QED) is 0.163. The monoisotopic (exact) mass is 1350 g/mol. The van der Waals surface area contributed by atoms with Crippen molar-refractivity contribution in [3.05, 3.63) is 178 Å². The fourth-order valence-corrected chi connectivity index (χ4v) is 17.0. The molecule has 0 radical (unpaired) electrons. The first-order chi connectivity index (χ1) is 46.9. The molecule has 14 heteroatoms. The molecule has 8 aromatic carbocycles. The number of hydrogen-bond donors (Lipinski definition) is 2. The van der Waals surface area contributed by atoms with Crippen LogP contribution in [0.5, 0.6) is 23.0 Å². The van der Waals surface area contributed by atoms with Gasteiger partial charge >= 0.3 is 11.9 Å². The van der Waals surface area contributed by atoms with Gasteiger partial charge in [-0.25, -0.2) is 19.6 Å². The number of ether oxygens (including phenoxy) is 6. The van der Waals surface area contributed by atoms with Gasteiger partial charge in [-0.05, 0) is 264 Å². The first kappa shape index (κ1) is 68.1. The van der Waals surface area contributed by atoms with E-state index in [2.05, 4.69) is 149 Å². The largest absolute Gasteiger partial charge is 0.493 e. The van der Waals surface area contributed by atoms with Crippen molar-refractivity contribution < 1.29 is 48.2 Å². The van der Waals surface area contributed by atoms with E-state index in [0.29, 0.717) is 36.2 Å². The molecule has 508 valence electrons. The van der Waals surface area contributed by atoms with Crippen LogP contribution in [0.25, 0.3) is 86.1 Å². The number of aliphatic carboxylic acids is 2. The molecule has 12 nitrogen and oxygen atoms in total. The lowest BCUT2D eigenvalue weighted by Gasteiger charge is -2.29. The molecular formula is C84H90N2O10S2. The normalized spacial score (nSPS) is 18.4. The highest BCUT2D eigenvalue weighted by atomic mass is 32.1. The maximum Gasteiger partial charge on any atom is 0.337 e. The van der Waals surface area contributed by atoms with Crippen LogP contribution in [-0.4, -0.2) is 68.7 Å². The number of nitrogens with zero attached hydrogens (tertiary/aromatic N) is 2. The Kier molecular flexibility index (Phi) is 19.5. The average Bonchev–Trinajstić information content (AvgIpc) is 1.49. The molecule has 0 fully saturated rings. The molecular weight excluding hydrogens is 1260 g/mol. The molecule has 0 saturated carbocycles. The number of carboxylic acids is 2. The Morgan fingerprint density at radius 3 is 1.26 bits per heavy atom. The van der Waals surface area contributed by atoms with Crippen LogP contribution in [-0.2, 0) is 19.1 Å². The molecule has 4 aliphatic heterocycles. The molecule has 10 aromatic rings. The van der Waals surface area contributed by atoms with Gasteiger partial charge < -0.3 is 38.6 Å². The molecule has 0 amide bonds. The summed E-state index contributed by atoms with van der Waals surface area (Å²) >= 11 is 3.20. The smallest absolute Gasteiger partial charge is 0.337 e. The van der Waals surface area contributed by atoms with Gasteiger partial charge in [-0.15, -0.1) is 22.7 Å². The van der Waals surface area contributed by atoms with Crippen LogP contribution in [0.2, 0.25) is 0 Å². The highest BCUT2D eigenvalue weighted by molar-refractivity contribution is 7.22. The Hall–Kier alpha value is -8.40. The number of aryl methyl sites for hydroxylation is 4. The highest BCUT2D eigenvalue weighted by Gasteiger charge is 2.36. The van der Waals surface area contributed by atoms with Crippen LogP contribution in [0.4, 0.5) is 0 Å². The van der Waals surface area contributed by atoms with Crippen molar-refractivity contribution >= 4 is 55.0 Å². The zero-order valence-electron chi connectivity index (χ0n) is 58.5. The fourth-order valence-electron chi connectivity index (χ4n) is 14.7. The Bertz CT molecular complexity index is 4370. The molecule has 2 aromatic heterocycles. The number of hydrogen-bond acceptors (Lipinski definition) is 12. The molecule has 0 aliphatic carbocycles. The van der Waals surface area contributed by atoms with Crippen LogP contribution in [0.1, 0.15) is 188 Å².